The minimum atomic E-state index is -0.518. The summed E-state index contributed by atoms with van der Waals surface area (Å²) in [6.45, 7) is 11.5. The molecule has 2 fully saturated rings. The fraction of sp³-hybridized carbons (Fsp3) is 0.500. The zero-order valence-corrected chi connectivity index (χ0v) is 22.9. The quantitative estimate of drug-likeness (QED) is 0.458. The third-order valence-electron chi connectivity index (χ3n) is 7.03. The number of rotatable bonds is 9. The number of amides is 3. The summed E-state index contributed by atoms with van der Waals surface area (Å²) in [7, 11) is 0. The summed E-state index contributed by atoms with van der Waals surface area (Å²) in [5.74, 6) is -1.46. The second kappa shape index (κ2) is 11.6. The Labute approximate surface area is 224 Å². The number of likely N-dealkylation sites (tertiary alicyclic amines) is 1. The summed E-state index contributed by atoms with van der Waals surface area (Å²) >= 11 is 0. The molecular formula is C30H39FN4O3. The lowest BCUT2D eigenvalue weighted by atomic mass is 9.91. The maximum absolute atomic E-state index is 15.0. The van der Waals surface area contributed by atoms with E-state index in [9.17, 15) is 14.4 Å². The molecule has 1 aliphatic carbocycles. The third-order valence-corrected chi connectivity index (χ3v) is 7.03. The molecule has 0 bridgehead atoms. The van der Waals surface area contributed by atoms with Gasteiger partial charge < -0.3 is 20.9 Å². The summed E-state index contributed by atoms with van der Waals surface area (Å²) < 4.78 is 15.0. The van der Waals surface area contributed by atoms with Crippen molar-refractivity contribution in [1.82, 2.24) is 20.9 Å². The number of halogens is 1. The summed E-state index contributed by atoms with van der Waals surface area (Å²) in [5, 5.41) is 8.80. The Kier molecular flexibility index (Phi) is 8.51. The molecule has 204 valence electrons. The fourth-order valence-electron chi connectivity index (χ4n) is 4.57. The van der Waals surface area contributed by atoms with Crippen LogP contribution in [0.5, 0.6) is 0 Å². The van der Waals surface area contributed by atoms with Crippen molar-refractivity contribution >= 4 is 17.7 Å². The molecule has 0 radical (unpaired) electrons. The Balaban J connectivity index is 1.66. The molecule has 4 rings (SSSR count). The Morgan fingerprint density at radius 2 is 1.63 bits per heavy atom. The van der Waals surface area contributed by atoms with E-state index in [2.05, 4.69) is 20.9 Å². The number of carbonyl (C=O) groups is 3. The van der Waals surface area contributed by atoms with Crippen molar-refractivity contribution in [3.05, 3.63) is 58.4 Å². The van der Waals surface area contributed by atoms with Gasteiger partial charge in [-0.05, 0) is 92.1 Å². The number of carbonyl (C=O) groups excluding carboxylic acids is 3. The van der Waals surface area contributed by atoms with E-state index in [1.54, 1.807) is 31.2 Å². The highest BCUT2D eigenvalue weighted by Crippen LogP contribution is 2.31. The van der Waals surface area contributed by atoms with Crippen molar-refractivity contribution in [3.8, 4) is 11.1 Å². The largest absolute Gasteiger partial charge is 0.352 e. The molecule has 1 saturated carbocycles. The van der Waals surface area contributed by atoms with Crippen LogP contribution in [0.4, 0.5) is 4.39 Å². The lowest BCUT2D eigenvalue weighted by molar-refractivity contribution is 0.0934. The second-order valence-electron chi connectivity index (χ2n) is 11.7. The van der Waals surface area contributed by atoms with Crippen LogP contribution in [0.25, 0.3) is 11.1 Å². The van der Waals surface area contributed by atoms with Gasteiger partial charge in [0.1, 0.15) is 5.82 Å². The van der Waals surface area contributed by atoms with Crippen molar-refractivity contribution in [3.63, 3.8) is 0 Å². The Bertz CT molecular complexity index is 1210. The van der Waals surface area contributed by atoms with Gasteiger partial charge in [0.05, 0.1) is 0 Å². The Morgan fingerprint density at radius 1 is 0.921 bits per heavy atom. The van der Waals surface area contributed by atoms with Gasteiger partial charge in [-0.1, -0.05) is 26.8 Å². The lowest BCUT2D eigenvalue weighted by Gasteiger charge is -2.20. The van der Waals surface area contributed by atoms with Gasteiger partial charge in [-0.3, -0.25) is 14.4 Å². The van der Waals surface area contributed by atoms with Crippen LogP contribution in [-0.4, -0.2) is 61.4 Å². The van der Waals surface area contributed by atoms with Gasteiger partial charge in [0, 0.05) is 42.4 Å². The first-order valence-corrected chi connectivity index (χ1v) is 13.6. The first kappa shape index (κ1) is 27.8. The summed E-state index contributed by atoms with van der Waals surface area (Å²) in [4.78, 5) is 41.4. The maximum atomic E-state index is 15.0. The first-order chi connectivity index (χ1) is 18.0. The highest BCUT2D eigenvalue weighted by Gasteiger charge is 2.26. The zero-order chi connectivity index (χ0) is 27.4. The van der Waals surface area contributed by atoms with Gasteiger partial charge in [0.2, 0.25) is 0 Å². The molecule has 0 aromatic heterocycles. The molecular weight excluding hydrogens is 483 g/mol. The molecule has 0 spiro atoms. The number of nitrogens with zero attached hydrogens (tertiary/aromatic N) is 1. The number of benzene rings is 2. The standard InChI is InChI=1S/C30H39FN4O3/c1-19-24(16-21(17-26(19)31)28(37)34-22-8-9-22)23-10-7-20(27(36)33-18-30(2,3)4)15-25(23)29(38)32-11-14-35-12-5-6-13-35/h7,10,15-17,22H,5-6,8-9,11-14,18H2,1-4H3,(H,32,38)(H,33,36)(H,34,37). The average Bonchev–Trinajstić information content (AvgIpc) is 3.53. The molecule has 3 amide bonds. The minimum absolute atomic E-state index is 0.0957. The van der Waals surface area contributed by atoms with E-state index in [0.29, 0.717) is 35.3 Å². The topological polar surface area (TPSA) is 90.5 Å². The van der Waals surface area contributed by atoms with E-state index in [1.165, 1.54) is 18.9 Å². The van der Waals surface area contributed by atoms with E-state index in [0.717, 1.165) is 32.5 Å². The van der Waals surface area contributed by atoms with Crippen LogP contribution in [0.3, 0.4) is 0 Å². The normalized spacial score (nSPS) is 15.8. The maximum Gasteiger partial charge on any atom is 0.251 e. The Hall–Kier alpha value is -3.26. The van der Waals surface area contributed by atoms with Crippen LogP contribution in [0.1, 0.15) is 83.1 Å². The molecule has 2 aliphatic rings. The van der Waals surface area contributed by atoms with Crippen LogP contribution in [0.2, 0.25) is 0 Å². The minimum Gasteiger partial charge on any atom is -0.352 e. The monoisotopic (exact) mass is 522 g/mol. The van der Waals surface area contributed by atoms with Crippen molar-refractivity contribution < 1.29 is 18.8 Å². The van der Waals surface area contributed by atoms with Gasteiger partial charge in [0.25, 0.3) is 17.7 Å². The number of nitrogens with one attached hydrogen (secondary N) is 3. The molecule has 2 aromatic rings. The molecule has 2 aromatic carbocycles. The first-order valence-electron chi connectivity index (χ1n) is 13.6. The molecule has 1 saturated heterocycles. The van der Waals surface area contributed by atoms with E-state index in [1.807, 2.05) is 20.8 Å². The third kappa shape index (κ3) is 7.19. The van der Waals surface area contributed by atoms with E-state index in [-0.39, 0.29) is 40.3 Å². The van der Waals surface area contributed by atoms with E-state index < -0.39 is 5.82 Å². The molecule has 0 atom stereocenters. The van der Waals surface area contributed by atoms with E-state index in [4.69, 9.17) is 0 Å². The van der Waals surface area contributed by atoms with Gasteiger partial charge >= 0.3 is 0 Å². The smallest absolute Gasteiger partial charge is 0.251 e. The molecule has 38 heavy (non-hydrogen) atoms. The summed E-state index contributed by atoms with van der Waals surface area (Å²) in [5.41, 5.74) is 2.01. The zero-order valence-electron chi connectivity index (χ0n) is 22.9. The second-order valence-corrected chi connectivity index (χ2v) is 11.7. The van der Waals surface area contributed by atoms with Crippen molar-refractivity contribution in [2.75, 3.05) is 32.7 Å². The van der Waals surface area contributed by atoms with Crippen molar-refractivity contribution in [1.29, 1.82) is 0 Å². The van der Waals surface area contributed by atoms with Crippen molar-refractivity contribution in [2.45, 2.75) is 59.4 Å². The molecule has 7 nitrogen and oxygen atoms in total. The highest BCUT2D eigenvalue weighted by atomic mass is 19.1. The van der Waals surface area contributed by atoms with Crippen LogP contribution < -0.4 is 16.0 Å². The SMILES string of the molecule is Cc1c(F)cc(C(=O)NC2CC2)cc1-c1ccc(C(=O)NCC(C)(C)C)cc1C(=O)NCCN1CCCC1. The van der Waals surface area contributed by atoms with Crippen LogP contribution in [-0.2, 0) is 0 Å². The lowest BCUT2D eigenvalue weighted by Crippen LogP contribution is -2.34. The van der Waals surface area contributed by atoms with Crippen LogP contribution in [0.15, 0.2) is 30.3 Å². The molecule has 1 heterocycles. The number of hydrogen-bond acceptors (Lipinski definition) is 4. The van der Waals surface area contributed by atoms with Crippen LogP contribution in [0, 0.1) is 18.2 Å². The Morgan fingerprint density at radius 3 is 2.29 bits per heavy atom. The fourth-order valence-corrected chi connectivity index (χ4v) is 4.57. The predicted octanol–water partition coefficient (Wildman–Crippen LogP) is 4.29. The molecule has 8 heteroatoms. The van der Waals surface area contributed by atoms with Gasteiger partial charge in [-0.15, -0.1) is 0 Å². The number of hydrogen-bond donors (Lipinski definition) is 3. The van der Waals surface area contributed by atoms with Crippen LogP contribution >= 0.6 is 0 Å². The van der Waals surface area contributed by atoms with Crippen molar-refractivity contribution in [2.24, 2.45) is 5.41 Å². The molecule has 1 aliphatic heterocycles. The van der Waals surface area contributed by atoms with E-state index >= 15 is 4.39 Å². The van der Waals surface area contributed by atoms with Gasteiger partial charge in [-0.25, -0.2) is 4.39 Å². The van der Waals surface area contributed by atoms with Gasteiger partial charge in [0.15, 0.2) is 0 Å². The average molecular weight is 523 g/mol. The molecule has 0 unspecified atom stereocenters. The molecule has 3 N–H and O–H groups in total. The van der Waals surface area contributed by atoms with Gasteiger partial charge in [-0.2, -0.15) is 0 Å². The summed E-state index contributed by atoms with van der Waals surface area (Å²) in [6.07, 6.45) is 4.18. The highest BCUT2D eigenvalue weighted by molar-refractivity contribution is 6.05. The summed E-state index contributed by atoms with van der Waals surface area (Å²) in [6, 6.07) is 7.88. The predicted molar refractivity (Wildman–Crippen MR) is 147 cm³/mol.